The van der Waals surface area contributed by atoms with Crippen LogP contribution in [-0.2, 0) is 16.1 Å². The summed E-state index contributed by atoms with van der Waals surface area (Å²) >= 11 is 9.56. The van der Waals surface area contributed by atoms with E-state index in [0.29, 0.717) is 30.3 Å². The number of aryl methyl sites for hydroxylation is 1. The highest BCUT2D eigenvalue weighted by atomic mass is 79.9. The first-order chi connectivity index (χ1) is 14.8. The van der Waals surface area contributed by atoms with E-state index in [-0.39, 0.29) is 18.4 Å². The largest absolute Gasteiger partial charge is 0.482 e. The van der Waals surface area contributed by atoms with E-state index >= 15 is 0 Å². The summed E-state index contributed by atoms with van der Waals surface area (Å²) in [5.41, 5.74) is 2.07. The molecule has 1 N–H and O–H groups in total. The molecule has 0 fully saturated rings. The van der Waals surface area contributed by atoms with Gasteiger partial charge < -0.3 is 15.0 Å². The van der Waals surface area contributed by atoms with E-state index in [1.165, 1.54) is 0 Å². The van der Waals surface area contributed by atoms with Crippen LogP contribution in [0, 0.1) is 6.92 Å². The number of rotatable bonds is 11. The molecule has 0 unspecified atom stereocenters. The molecule has 0 aliphatic carbocycles. The van der Waals surface area contributed by atoms with Crippen molar-refractivity contribution in [3.05, 3.63) is 63.1 Å². The maximum atomic E-state index is 13.2. The number of carbonyl (C=O) groups is 2. The van der Waals surface area contributed by atoms with Gasteiger partial charge in [0.15, 0.2) is 6.61 Å². The van der Waals surface area contributed by atoms with Gasteiger partial charge in [0, 0.05) is 17.6 Å². The fourth-order valence-electron chi connectivity index (χ4n) is 3.25. The first-order valence-corrected chi connectivity index (χ1v) is 11.7. The molecule has 0 aromatic heterocycles. The lowest BCUT2D eigenvalue weighted by molar-refractivity contribution is -0.143. The fourth-order valence-corrected chi connectivity index (χ4v) is 3.98. The van der Waals surface area contributed by atoms with Crippen LogP contribution in [-0.4, -0.2) is 35.9 Å². The Balaban J connectivity index is 2.19. The number of hydrogen-bond acceptors (Lipinski definition) is 3. The van der Waals surface area contributed by atoms with Gasteiger partial charge in [-0.2, -0.15) is 0 Å². The topological polar surface area (TPSA) is 58.6 Å². The predicted molar refractivity (Wildman–Crippen MR) is 128 cm³/mol. The zero-order valence-electron chi connectivity index (χ0n) is 18.3. The highest BCUT2D eigenvalue weighted by Gasteiger charge is 2.29. The van der Waals surface area contributed by atoms with E-state index in [0.717, 1.165) is 28.4 Å². The van der Waals surface area contributed by atoms with Crippen LogP contribution in [0.4, 0.5) is 0 Å². The molecule has 0 aliphatic rings. The number of ether oxygens (including phenoxy) is 1. The molecule has 2 aromatic carbocycles. The second-order valence-corrected chi connectivity index (χ2v) is 8.77. The van der Waals surface area contributed by atoms with E-state index in [1.54, 1.807) is 23.1 Å². The third-order valence-corrected chi connectivity index (χ3v) is 5.68. The van der Waals surface area contributed by atoms with Crippen LogP contribution >= 0.6 is 27.5 Å². The Morgan fingerprint density at radius 3 is 2.61 bits per heavy atom. The summed E-state index contributed by atoms with van der Waals surface area (Å²) in [5, 5.41) is 3.37. The molecule has 5 nitrogen and oxygen atoms in total. The van der Waals surface area contributed by atoms with Crippen LogP contribution in [0.5, 0.6) is 5.75 Å². The molecule has 2 aromatic rings. The average molecular weight is 510 g/mol. The molecule has 0 aliphatic heterocycles. The molecule has 0 heterocycles. The normalized spacial score (nSPS) is 11.6. The molecule has 7 heteroatoms. The molecule has 2 amide bonds. The van der Waals surface area contributed by atoms with Gasteiger partial charge in [-0.15, -0.1) is 0 Å². The first-order valence-electron chi connectivity index (χ1n) is 10.6. The van der Waals surface area contributed by atoms with E-state index in [2.05, 4.69) is 28.2 Å². The highest BCUT2D eigenvalue weighted by molar-refractivity contribution is 9.10. The van der Waals surface area contributed by atoms with Crippen LogP contribution in [0.15, 0.2) is 46.9 Å². The van der Waals surface area contributed by atoms with Gasteiger partial charge in [0.2, 0.25) is 5.91 Å². The Bertz CT molecular complexity index is 891. The second kappa shape index (κ2) is 12.7. The van der Waals surface area contributed by atoms with Crippen molar-refractivity contribution in [1.82, 2.24) is 10.2 Å². The summed E-state index contributed by atoms with van der Waals surface area (Å²) in [4.78, 5) is 27.6. The third kappa shape index (κ3) is 7.86. The number of unbranched alkanes of at least 4 members (excludes halogenated alkanes) is 1. The molecular formula is C24H30BrClN2O3. The van der Waals surface area contributed by atoms with Gasteiger partial charge >= 0.3 is 0 Å². The van der Waals surface area contributed by atoms with Crippen LogP contribution in [0.25, 0.3) is 0 Å². The molecular weight excluding hydrogens is 480 g/mol. The summed E-state index contributed by atoms with van der Waals surface area (Å²) in [6.45, 7) is 6.71. The Morgan fingerprint density at radius 2 is 1.97 bits per heavy atom. The Hall–Kier alpha value is -2.05. The van der Waals surface area contributed by atoms with Crippen molar-refractivity contribution in [2.24, 2.45) is 0 Å². The monoisotopic (exact) mass is 508 g/mol. The lowest BCUT2D eigenvalue weighted by atomic mass is 10.1. The molecule has 0 saturated heterocycles. The van der Waals surface area contributed by atoms with Gasteiger partial charge in [-0.05, 0) is 43.5 Å². The van der Waals surface area contributed by atoms with Crippen molar-refractivity contribution >= 4 is 39.3 Å². The van der Waals surface area contributed by atoms with E-state index in [1.807, 2.05) is 38.1 Å². The van der Waals surface area contributed by atoms with Gasteiger partial charge in [0.1, 0.15) is 11.8 Å². The van der Waals surface area contributed by atoms with Crippen molar-refractivity contribution in [3.8, 4) is 5.75 Å². The number of carbonyl (C=O) groups excluding carboxylic acids is 2. The van der Waals surface area contributed by atoms with Crippen LogP contribution < -0.4 is 10.1 Å². The Kier molecular flexibility index (Phi) is 10.3. The third-order valence-electron chi connectivity index (χ3n) is 4.90. The lowest BCUT2D eigenvalue weighted by Gasteiger charge is -2.30. The van der Waals surface area contributed by atoms with Crippen molar-refractivity contribution in [2.45, 2.75) is 52.6 Å². The van der Waals surface area contributed by atoms with E-state index in [9.17, 15) is 9.59 Å². The van der Waals surface area contributed by atoms with Crippen LogP contribution in [0.2, 0.25) is 5.02 Å². The fraction of sp³-hybridized carbons (Fsp3) is 0.417. The first kappa shape index (κ1) is 25.2. The number of benzene rings is 2. The Labute approximate surface area is 198 Å². The zero-order valence-corrected chi connectivity index (χ0v) is 20.6. The number of nitrogens with zero attached hydrogens (tertiary/aromatic N) is 1. The number of hydrogen-bond donors (Lipinski definition) is 1. The molecule has 0 radical (unpaired) electrons. The van der Waals surface area contributed by atoms with Gasteiger partial charge in [-0.1, -0.05) is 77.6 Å². The van der Waals surface area contributed by atoms with Gasteiger partial charge in [0.25, 0.3) is 5.91 Å². The van der Waals surface area contributed by atoms with Crippen molar-refractivity contribution < 1.29 is 14.3 Å². The van der Waals surface area contributed by atoms with Gasteiger partial charge in [0.05, 0.1) is 5.02 Å². The average Bonchev–Trinajstić information content (AvgIpc) is 2.73. The van der Waals surface area contributed by atoms with Crippen LogP contribution in [0.1, 0.15) is 44.2 Å². The molecule has 168 valence electrons. The smallest absolute Gasteiger partial charge is 0.261 e. The lowest BCUT2D eigenvalue weighted by Crippen LogP contribution is -2.50. The standard InChI is InChI=1S/C24H30BrClN2O3/c1-4-6-12-27-24(30)21(5-2)28(15-18-9-7-8-17(3)13-18)23(29)16-31-22-11-10-19(25)14-20(22)26/h7-11,13-14,21H,4-6,12,15-16H2,1-3H3,(H,27,30)/t21-/m1/s1. The van der Waals surface area contributed by atoms with Crippen molar-refractivity contribution in [2.75, 3.05) is 13.2 Å². The van der Waals surface area contributed by atoms with Crippen molar-refractivity contribution in [1.29, 1.82) is 0 Å². The molecule has 31 heavy (non-hydrogen) atoms. The SMILES string of the molecule is CCCCNC(=O)[C@@H](CC)N(Cc1cccc(C)c1)C(=O)COc1ccc(Br)cc1Cl. The molecule has 0 saturated carbocycles. The second-order valence-electron chi connectivity index (χ2n) is 7.44. The summed E-state index contributed by atoms with van der Waals surface area (Å²) in [6.07, 6.45) is 2.40. The summed E-state index contributed by atoms with van der Waals surface area (Å²) in [6, 6.07) is 12.6. The summed E-state index contributed by atoms with van der Waals surface area (Å²) in [5.74, 6) is 0.0192. The number of amides is 2. The van der Waals surface area contributed by atoms with Gasteiger partial charge in [-0.25, -0.2) is 0 Å². The van der Waals surface area contributed by atoms with Gasteiger partial charge in [-0.3, -0.25) is 9.59 Å². The highest BCUT2D eigenvalue weighted by Crippen LogP contribution is 2.28. The maximum Gasteiger partial charge on any atom is 0.261 e. The minimum absolute atomic E-state index is 0.140. The van der Waals surface area contributed by atoms with Crippen LogP contribution in [0.3, 0.4) is 0 Å². The number of halogens is 2. The summed E-state index contributed by atoms with van der Waals surface area (Å²) in [7, 11) is 0. The zero-order chi connectivity index (χ0) is 22.8. The van der Waals surface area contributed by atoms with Crippen molar-refractivity contribution in [3.63, 3.8) is 0 Å². The minimum Gasteiger partial charge on any atom is -0.482 e. The molecule has 0 bridgehead atoms. The predicted octanol–water partition coefficient (Wildman–Crippen LogP) is 5.51. The minimum atomic E-state index is -0.575. The summed E-state index contributed by atoms with van der Waals surface area (Å²) < 4.78 is 6.52. The van der Waals surface area contributed by atoms with E-state index < -0.39 is 6.04 Å². The molecule has 1 atom stereocenters. The number of nitrogens with one attached hydrogen (secondary N) is 1. The quantitative estimate of drug-likeness (QED) is 0.406. The van der Waals surface area contributed by atoms with E-state index in [4.69, 9.17) is 16.3 Å². The Morgan fingerprint density at radius 1 is 1.19 bits per heavy atom. The molecule has 0 spiro atoms. The molecule has 2 rings (SSSR count). The maximum absolute atomic E-state index is 13.2.